The summed E-state index contributed by atoms with van der Waals surface area (Å²) in [6.45, 7) is 0.799. The molecule has 0 fully saturated rings. The first-order chi connectivity index (χ1) is 7.36. The van der Waals surface area contributed by atoms with Crippen LogP contribution in [-0.4, -0.2) is 25.7 Å². The molecule has 0 unspecified atom stereocenters. The van der Waals surface area contributed by atoms with E-state index >= 15 is 0 Å². The van der Waals surface area contributed by atoms with Gasteiger partial charge in [-0.05, 0) is 49.1 Å². The number of benzene rings is 1. The van der Waals surface area contributed by atoms with Gasteiger partial charge < -0.3 is 9.47 Å². The minimum Gasteiger partial charge on any atom is -0.497 e. The predicted molar refractivity (Wildman–Crippen MR) is 66.1 cm³/mol. The van der Waals surface area contributed by atoms with Crippen LogP contribution >= 0.6 is 11.8 Å². The maximum absolute atomic E-state index is 5.59. The van der Waals surface area contributed by atoms with Gasteiger partial charge in [0.25, 0.3) is 0 Å². The third-order valence-electron chi connectivity index (χ3n) is 2.07. The second kappa shape index (κ2) is 7.46. The molecule has 0 aromatic heterocycles. The fourth-order valence-electron chi connectivity index (χ4n) is 1.21. The van der Waals surface area contributed by atoms with Crippen molar-refractivity contribution >= 4 is 11.8 Å². The summed E-state index contributed by atoms with van der Waals surface area (Å²) in [6, 6.07) is 7.70. The molecule has 3 heteroatoms. The maximum atomic E-state index is 5.59. The topological polar surface area (TPSA) is 18.5 Å². The highest BCUT2D eigenvalue weighted by atomic mass is 32.2. The van der Waals surface area contributed by atoms with Gasteiger partial charge in [-0.15, -0.1) is 0 Å². The summed E-state index contributed by atoms with van der Waals surface area (Å²) >= 11 is 1.88. The smallest absolute Gasteiger partial charge is 0.119 e. The minimum absolute atomic E-state index is 0.799. The zero-order valence-electron chi connectivity index (χ0n) is 9.36. The highest BCUT2D eigenvalue weighted by molar-refractivity contribution is 7.98. The molecule has 0 bridgehead atoms. The molecular weight excluding hydrogens is 208 g/mol. The van der Waals surface area contributed by atoms with Crippen LogP contribution in [0.2, 0.25) is 0 Å². The second-order valence-corrected chi connectivity index (χ2v) is 4.21. The van der Waals surface area contributed by atoms with E-state index in [0.717, 1.165) is 24.5 Å². The van der Waals surface area contributed by atoms with Gasteiger partial charge in [0.05, 0.1) is 13.7 Å². The van der Waals surface area contributed by atoms with Crippen LogP contribution in [0.3, 0.4) is 0 Å². The normalized spacial score (nSPS) is 10.0. The standard InChI is InChI=1S/C12H18O2S/c1-13-11-5-7-12(8-6-11)14-9-3-4-10-15-2/h5-8H,3-4,9-10H2,1-2H3. The van der Waals surface area contributed by atoms with Crippen molar-refractivity contribution in [1.29, 1.82) is 0 Å². The van der Waals surface area contributed by atoms with Gasteiger partial charge in [0.15, 0.2) is 0 Å². The molecule has 0 spiro atoms. The Hall–Kier alpha value is -0.830. The zero-order valence-corrected chi connectivity index (χ0v) is 10.2. The summed E-state index contributed by atoms with van der Waals surface area (Å²) in [5.41, 5.74) is 0. The predicted octanol–water partition coefficient (Wildman–Crippen LogP) is 3.22. The molecule has 2 nitrogen and oxygen atoms in total. The van der Waals surface area contributed by atoms with E-state index in [-0.39, 0.29) is 0 Å². The fraction of sp³-hybridized carbons (Fsp3) is 0.500. The van der Waals surface area contributed by atoms with E-state index in [4.69, 9.17) is 9.47 Å². The molecule has 0 atom stereocenters. The van der Waals surface area contributed by atoms with E-state index in [1.165, 1.54) is 12.2 Å². The highest BCUT2D eigenvalue weighted by Gasteiger charge is 1.94. The summed E-state index contributed by atoms with van der Waals surface area (Å²) in [7, 11) is 1.66. The van der Waals surface area contributed by atoms with Crippen LogP contribution in [0.1, 0.15) is 12.8 Å². The molecule has 84 valence electrons. The van der Waals surface area contributed by atoms with Crippen molar-refractivity contribution in [3.63, 3.8) is 0 Å². The van der Waals surface area contributed by atoms with Crippen molar-refractivity contribution in [3.05, 3.63) is 24.3 Å². The van der Waals surface area contributed by atoms with Crippen molar-refractivity contribution in [2.45, 2.75) is 12.8 Å². The summed E-state index contributed by atoms with van der Waals surface area (Å²) in [4.78, 5) is 0. The van der Waals surface area contributed by atoms with Crippen molar-refractivity contribution in [1.82, 2.24) is 0 Å². The zero-order chi connectivity index (χ0) is 10.9. The number of rotatable bonds is 7. The molecule has 15 heavy (non-hydrogen) atoms. The van der Waals surface area contributed by atoms with Crippen molar-refractivity contribution in [2.75, 3.05) is 25.7 Å². The number of thioether (sulfide) groups is 1. The monoisotopic (exact) mass is 226 g/mol. The van der Waals surface area contributed by atoms with Gasteiger partial charge in [-0.3, -0.25) is 0 Å². The lowest BCUT2D eigenvalue weighted by Gasteiger charge is -2.06. The lowest BCUT2D eigenvalue weighted by molar-refractivity contribution is 0.309. The van der Waals surface area contributed by atoms with Crippen molar-refractivity contribution < 1.29 is 9.47 Å². The minimum atomic E-state index is 0.799. The van der Waals surface area contributed by atoms with Gasteiger partial charge >= 0.3 is 0 Å². The molecule has 0 aliphatic heterocycles. The summed E-state index contributed by atoms with van der Waals surface area (Å²) in [5, 5.41) is 0. The molecule has 0 amide bonds. The van der Waals surface area contributed by atoms with Crippen LogP contribution in [0, 0.1) is 0 Å². The first kappa shape index (κ1) is 12.2. The van der Waals surface area contributed by atoms with Gasteiger partial charge in [-0.1, -0.05) is 0 Å². The Labute approximate surface area is 96.0 Å². The highest BCUT2D eigenvalue weighted by Crippen LogP contribution is 2.17. The Morgan fingerprint density at radius 3 is 2.33 bits per heavy atom. The van der Waals surface area contributed by atoms with E-state index in [2.05, 4.69) is 6.26 Å². The molecule has 0 N–H and O–H groups in total. The van der Waals surface area contributed by atoms with E-state index in [1.807, 2.05) is 36.0 Å². The second-order valence-electron chi connectivity index (χ2n) is 3.22. The van der Waals surface area contributed by atoms with Crippen molar-refractivity contribution in [2.24, 2.45) is 0 Å². The fourth-order valence-corrected chi connectivity index (χ4v) is 1.70. The number of hydrogen-bond donors (Lipinski definition) is 0. The maximum Gasteiger partial charge on any atom is 0.119 e. The van der Waals surface area contributed by atoms with Crippen LogP contribution in [0.4, 0.5) is 0 Å². The van der Waals surface area contributed by atoms with E-state index in [9.17, 15) is 0 Å². The lowest BCUT2D eigenvalue weighted by Crippen LogP contribution is -1.97. The Bertz CT molecular complexity index is 259. The Balaban J connectivity index is 2.20. The number of unbranched alkanes of at least 4 members (excludes halogenated alkanes) is 1. The summed E-state index contributed by atoms with van der Waals surface area (Å²) < 4.78 is 10.7. The first-order valence-corrected chi connectivity index (χ1v) is 6.52. The molecule has 0 saturated carbocycles. The molecule has 0 saturated heterocycles. The molecule has 0 aliphatic rings. The molecule has 1 aromatic carbocycles. The van der Waals surface area contributed by atoms with E-state index in [1.54, 1.807) is 7.11 Å². The van der Waals surface area contributed by atoms with Crippen LogP contribution < -0.4 is 9.47 Å². The number of hydrogen-bond acceptors (Lipinski definition) is 3. The average Bonchev–Trinajstić information content (AvgIpc) is 2.30. The number of methoxy groups -OCH3 is 1. The molecular formula is C12H18O2S. The van der Waals surface area contributed by atoms with Crippen LogP contribution in [0.15, 0.2) is 24.3 Å². The third kappa shape index (κ3) is 4.98. The Kier molecular flexibility index (Phi) is 6.09. The molecule has 0 radical (unpaired) electrons. The van der Waals surface area contributed by atoms with Gasteiger partial charge in [-0.2, -0.15) is 11.8 Å². The molecule has 0 heterocycles. The molecule has 1 rings (SSSR count). The van der Waals surface area contributed by atoms with E-state index < -0.39 is 0 Å². The lowest BCUT2D eigenvalue weighted by atomic mass is 10.3. The SMILES string of the molecule is COc1ccc(OCCCCSC)cc1. The van der Waals surface area contributed by atoms with Crippen LogP contribution in [0.5, 0.6) is 11.5 Å². The Morgan fingerprint density at radius 1 is 1.07 bits per heavy atom. The quantitative estimate of drug-likeness (QED) is 0.665. The third-order valence-corrected chi connectivity index (χ3v) is 2.77. The Morgan fingerprint density at radius 2 is 1.73 bits per heavy atom. The summed E-state index contributed by atoms with van der Waals surface area (Å²) in [5.74, 6) is 3.00. The summed E-state index contributed by atoms with van der Waals surface area (Å²) in [6.07, 6.45) is 4.47. The van der Waals surface area contributed by atoms with Crippen LogP contribution in [-0.2, 0) is 0 Å². The van der Waals surface area contributed by atoms with E-state index in [0.29, 0.717) is 0 Å². The number of ether oxygens (including phenoxy) is 2. The van der Waals surface area contributed by atoms with Gasteiger partial charge in [0, 0.05) is 0 Å². The largest absolute Gasteiger partial charge is 0.497 e. The van der Waals surface area contributed by atoms with Crippen molar-refractivity contribution in [3.8, 4) is 11.5 Å². The van der Waals surface area contributed by atoms with Gasteiger partial charge in [0.2, 0.25) is 0 Å². The molecule has 1 aromatic rings. The molecule has 0 aliphatic carbocycles. The van der Waals surface area contributed by atoms with Gasteiger partial charge in [-0.25, -0.2) is 0 Å². The van der Waals surface area contributed by atoms with Crippen LogP contribution in [0.25, 0.3) is 0 Å². The average molecular weight is 226 g/mol. The van der Waals surface area contributed by atoms with Gasteiger partial charge in [0.1, 0.15) is 11.5 Å². The first-order valence-electron chi connectivity index (χ1n) is 5.12.